The van der Waals surface area contributed by atoms with Crippen molar-refractivity contribution in [2.24, 2.45) is 4.99 Å². The summed E-state index contributed by atoms with van der Waals surface area (Å²) in [5.74, 6) is -1.15. The summed E-state index contributed by atoms with van der Waals surface area (Å²) < 4.78 is 0. The molecule has 1 saturated heterocycles. The molecule has 6 nitrogen and oxygen atoms in total. The molecule has 26 heavy (non-hydrogen) atoms. The summed E-state index contributed by atoms with van der Waals surface area (Å²) in [4.78, 5) is 34.2. The van der Waals surface area contributed by atoms with Gasteiger partial charge in [-0.1, -0.05) is 18.2 Å². The number of nitrogens with zero attached hydrogens (tertiary/aromatic N) is 3. The fraction of sp³-hybridized carbons (Fsp3) is 0.0526. The van der Waals surface area contributed by atoms with Crippen LogP contribution in [-0.2, 0) is 4.79 Å². The van der Waals surface area contributed by atoms with E-state index in [4.69, 9.17) is 5.11 Å². The van der Waals surface area contributed by atoms with Gasteiger partial charge in [-0.3, -0.25) is 14.7 Å². The van der Waals surface area contributed by atoms with Crippen LogP contribution in [0.25, 0.3) is 6.08 Å². The third kappa shape index (κ3) is 3.89. The summed E-state index contributed by atoms with van der Waals surface area (Å²) >= 11 is 1.26. The summed E-state index contributed by atoms with van der Waals surface area (Å²) in [6.45, 7) is 4.04. The Bertz CT molecular complexity index is 905. The van der Waals surface area contributed by atoms with Crippen LogP contribution in [-0.4, -0.2) is 38.6 Å². The highest BCUT2D eigenvalue weighted by molar-refractivity contribution is 8.18. The van der Waals surface area contributed by atoms with E-state index in [9.17, 15) is 9.59 Å². The van der Waals surface area contributed by atoms with Gasteiger partial charge in [0.25, 0.3) is 5.91 Å². The molecule has 2 heterocycles. The van der Waals surface area contributed by atoms with Crippen molar-refractivity contribution in [2.75, 3.05) is 6.54 Å². The number of aromatic nitrogens is 1. The van der Waals surface area contributed by atoms with Crippen molar-refractivity contribution in [2.45, 2.75) is 0 Å². The topological polar surface area (TPSA) is 82.9 Å². The van der Waals surface area contributed by atoms with Gasteiger partial charge in [0.15, 0.2) is 5.17 Å². The molecule has 1 N–H and O–H groups in total. The van der Waals surface area contributed by atoms with Gasteiger partial charge in [-0.05, 0) is 47.7 Å². The number of hydrogen-bond acceptors (Lipinski definition) is 5. The lowest BCUT2D eigenvalue weighted by Gasteiger charge is -2.12. The molecule has 1 fully saturated rings. The van der Waals surface area contributed by atoms with Crippen LogP contribution in [0, 0.1) is 0 Å². The highest BCUT2D eigenvalue weighted by Crippen LogP contribution is 2.33. The standard InChI is InChI=1S/C19H15N3O3S/c1-2-10-22-17(23)16(11-13-5-7-14(8-6-13)18(24)25)26-19(22)21-15-4-3-9-20-12-15/h2-9,11-12H,1,10H2,(H,24,25)/b16-11+,21-19?. The first-order valence-electron chi connectivity index (χ1n) is 7.73. The number of hydrogen-bond donors (Lipinski definition) is 1. The molecule has 1 aromatic carbocycles. The minimum Gasteiger partial charge on any atom is -0.478 e. The van der Waals surface area contributed by atoms with Gasteiger partial charge >= 0.3 is 5.97 Å². The lowest BCUT2D eigenvalue weighted by atomic mass is 10.1. The Kier molecular flexibility index (Phi) is 5.28. The first kappa shape index (κ1) is 17.6. The Morgan fingerprint density at radius 3 is 2.69 bits per heavy atom. The Balaban J connectivity index is 1.91. The molecular weight excluding hydrogens is 350 g/mol. The molecule has 0 spiro atoms. The van der Waals surface area contributed by atoms with Crippen LogP contribution in [0.1, 0.15) is 15.9 Å². The SMILES string of the molecule is C=CCN1C(=O)/C(=C\c2ccc(C(=O)O)cc2)SC1=Nc1cccnc1. The molecule has 130 valence electrons. The van der Waals surface area contributed by atoms with E-state index in [1.54, 1.807) is 47.6 Å². The van der Waals surface area contributed by atoms with Gasteiger partial charge in [-0.2, -0.15) is 0 Å². The van der Waals surface area contributed by atoms with E-state index in [0.717, 1.165) is 5.56 Å². The van der Waals surface area contributed by atoms with Gasteiger partial charge in [0, 0.05) is 12.7 Å². The number of pyridine rings is 1. The van der Waals surface area contributed by atoms with Crippen LogP contribution in [0.4, 0.5) is 5.69 Å². The van der Waals surface area contributed by atoms with E-state index < -0.39 is 5.97 Å². The van der Waals surface area contributed by atoms with Crippen molar-refractivity contribution in [3.05, 3.63) is 77.5 Å². The summed E-state index contributed by atoms with van der Waals surface area (Å²) in [7, 11) is 0. The van der Waals surface area contributed by atoms with Gasteiger partial charge in [-0.25, -0.2) is 9.79 Å². The summed E-state index contributed by atoms with van der Waals surface area (Å²) in [5.41, 5.74) is 1.60. The largest absolute Gasteiger partial charge is 0.478 e. The molecule has 0 aliphatic carbocycles. The number of aliphatic imine (C=N–C) groups is 1. The van der Waals surface area contributed by atoms with E-state index >= 15 is 0 Å². The highest BCUT2D eigenvalue weighted by Gasteiger charge is 2.32. The van der Waals surface area contributed by atoms with Crippen LogP contribution in [0.15, 0.2) is 71.3 Å². The number of carboxylic acids is 1. The molecule has 3 rings (SSSR count). The van der Waals surface area contributed by atoms with Crippen LogP contribution < -0.4 is 0 Å². The maximum atomic E-state index is 12.7. The monoisotopic (exact) mass is 365 g/mol. The molecule has 2 aromatic rings. The first-order valence-corrected chi connectivity index (χ1v) is 8.54. The fourth-order valence-corrected chi connectivity index (χ4v) is 3.29. The second-order valence-corrected chi connectivity index (χ2v) is 6.36. The van der Waals surface area contributed by atoms with Gasteiger partial charge in [0.05, 0.1) is 22.4 Å². The number of amides is 1. The van der Waals surface area contributed by atoms with E-state index in [1.807, 2.05) is 6.07 Å². The number of amidine groups is 1. The number of carboxylic acid groups (broad SMARTS) is 1. The van der Waals surface area contributed by atoms with Crippen LogP contribution in [0.2, 0.25) is 0 Å². The lowest BCUT2D eigenvalue weighted by molar-refractivity contribution is -0.121. The number of benzene rings is 1. The highest BCUT2D eigenvalue weighted by atomic mass is 32.2. The van der Waals surface area contributed by atoms with Crippen molar-refractivity contribution in [3.8, 4) is 0 Å². The third-order valence-electron chi connectivity index (χ3n) is 3.53. The number of carbonyl (C=O) groups excluding carboxylic acids is 1. The van der Waals surface area contributed by atoms with Crippen LogP contribution in [0.3, 0.4) is 0 Å². The second kappa shape index (κ2) is 7.79. The minimum atomic E-state index is -0.987. The molecule has 0 saturated carbocycles. The second-order valence-electron chi connectivity index (χ2n) is 5.35. The minimum absolute atomic E-state index is 0.167. The summed E-state index contributed by atoms with van der Waals surface area (Å²) in [5, 5.41) is 9.51. The van der Waals surface area contributed by atoms with E-state index in [-0.39, 0.29) is 11.5 Å². The molecule has 0 bridgehead atoms. The first-order chi connectivity index (χ1) is 12.6. The number of rotatable bonds is 5. The lowest BCUT2D eigenvalue weighted by Crippen LogP contribution is -2.29. The van der Waals surface area contributed by atoms with Crippen LogP contribution in [0.5, 0.6) is 0 Å². The number of thioether (sulfide) groups is 1. The van der Waals surface area contributed by atoms with E-state index in [1.165, 1.54) is 23.9 Å². The summed E-state index contributed by atoms with van der Waals surface area (Å²) in [6, 6.07) is 9.93. The number of carbonyl (C=O) groups is 2. The van der Waals surface area contributed by atoms with Crippen molar-refractivity contribution in [3.63, 3.8) is 0 Å². The average Bonchev–Trinajstić information content (AvgIpc) is 2.92. The van der Waals surface area contributed by atoms with Crippen molar-refractivity contribution >= 4 is 40.6 Å². The molecule has 0 atom stereocenters. The van der Waals surface area contributed by atoms with Gasteiger partial charge < -0.3 is 5.11 Å². The zero-order valence-electron chi connectivity index (χ0n) is 13.7. The Morgan fingerprint density at radius 2 is 2.08 bits per heavy atom. The molecular formula is C19H15N3O3S. The fourth-order valence-electron chi connectivity index (χ4n) is 2.29. The van der Waals surface area contributed by atoms with Crippen molar-refractivity contribution in [1.82, 2.24) is 9.88 Å². The molecule has 1 aromatic heterocycles. The quantitative estimate of drug-likeness (QED) is 0.647. The predicted molar refractivity (Wildman–Crippen MR) is 102 cm³/mol. The Morgan fingerprint density at radius 1 is 1.31 bits per heavy atom. The zero-order valence-corrected chi connectivity index (χ0v) is 14.5. The average molecular weight is 365 g/mol. The number of aromatic carboxylic acids is 1. The van der Waals surface area contributed by atoms with Gasteiger partial charge in [-0.15, -0.1) is 6.58 Å². The van der Waals surface area contributed by atoms with Crippen molar-refractivity contribution in [1.29, 1.82) is 0 Å². The van der Waals surface area contributed by atoms with E-state index in [0.29, 0.717) is 22.3 Å². The Labute approximate surface area is 154 Å². The Hall–Kier alpha value is -3.19. The molecule has 1 aliphatic rings. The molecule has 0 unspecified atom stereocenters. The predicted octanol–water partition coefficient (Wildman–Crippen LogP) is 3.57. The van der Waals surface area contributed by atoms with E-state index in [2.05, 4.69) is 16.6 Å². The van der Waals surface area contributed by atoms with Crippen molar-refractivity contribution < 1.29 is 14.7 Å². The summed E-state index contributed by atoms with van der Waals surface area (Å²) in [6.07, 6.45) is 6.64. The maximum Gasteiger partial charge on any atom is 0.335 e. The van der Waals surface area contributed by atoms with Crippen LogP contribution >= 0.6 is 11.8 Å². The van der Waals surface area contributed by atoms with Gasteiger partial charge in [0.1, 0.15) is 0 Å². The molecule has 0 radical (unpaired) electrons. The normalized spacial score (nSPS) is 17.1. The van der Waals surface area contributed by atoms with Gasteiger partial charge in [0.2, 0.25) is 0 Å². The molecule has 1 amide bonds. The smallest absolute Gasteiger partial charge is 0.335 e. The maximum absolute atomic E-state index is 12.7. The molecule has 1 aliphatic heterocycles. The third-order valence-corrected chi connectivity index (χ3v) is 4.53. The molecule has 7 heteroatoms. The zero-order chi connectivity index (χ0) is 18.5.